The Balaban J connectivity index is 1.48. The van der Waals surface area contributed by atoms with Crippen molar-refractivity contribution in [3.8, 4) is 0 Å². The van der Waals surface area contributed by atoms with E-state index >= 15 is 0 Å². The van der Waals surface area contributed by atoms with Crippen molar-refractivity contribution in [1.82, 2.24) is 19.9 Å². The van der Waals surface area contributed by atoms with Crippen molar-refractivity contribution in [3.05, 3.63) is 100 Å². The van der Waals surface area contributed by atoms with E-state index in [-0.39, 0.29) is 24.2 Å². The number of carbonyl (C=O) groups excluding carboxylic acids is 2. The van der Waals surface area contributed by atoms with Gasteiger partial charge in [0, 0.05) is 36.1 Å². The van der Waals surface area contributed by atoms with Gasteiger partial charge in [-0.05, 0) is 42.3 Å². The van der Waals surface area contributed by atoms with Crippen LogP contribution in [0.25, 0.3) is 0 Å². The highest BCUT2D eigenvalue weighted by atomic mass is 35.5. The number of thiazole rings is 1. The van der Waals surface area contributed by atoms with Gasteiger partial charge in [-0.25, -0.2) is 14.4 Å². The maximum Gasteiger partial charge on any atom is 0.263 e. The van der Waals surface area contributed by atoms with Gasteiger partial charge in [-0.2, -0.15) is 0 Å². The third-order valence-electron chi connectivity index (χ3n) is 4.96. The first-order valence-corrected chi connectivity index (χ1v) is 11.7. The summed E-state index contributed by atoms with van der Waals surface area (Å²) in [5.74, 6) is -0.947. The summed E-state index contributed by atoms with van der Waals surface area (Å²) in [6.45, 7) is 1.39. The smallest absolute Gasteiger partial charge is 0.263 e. The number of benzene rings is 2. The second kappa shape index (κ2) is 11.0. The summed E-state index contributed by atoms with van der Waals surface area (Å²) in [5, 5.41) is 3.67. The van der Waals surface area contributed by atoms with Crippen LogP contribution in [0, 0.1) is 5.82 Å². The average molecular weight is 498 g/mol. The lowest BCUT2D eigenvalue weighted by atomic mass is 10.1. The standard InChI is InChI=1S/C24H21ClFN5O2S/c25-19-4-1-3-18(13-19)23(33)31(15-17-5-7-20(26)8-6-17)24-29-14-21(34-24)22(32)28-9-2-11-30-12-10-27-16-30/h1,3-8,10,12-14,16H,2,9,11,15H2,(H,28,32). The van der Waals surface area contributed by atoms with Crippen LogP contribution in [-0.4, -0.2) is 32.9 Å². The third kappa shape index (κ3) is 6.06. The SMILES string of the molecule is O=C(NCCCn1ccnc1)c1cnc(N(Cc2ccc(F)cc2)C(=O)c2cccc(Cl)c2)s1. The molecular weight excluding hydrogens is 477 g/mol. The molecule has 0 fully saturated rings. The Hall–Kier alpha value is -3.56. The van der Waals surface area contributed by atoms with Crippen molar-refractivity contribution in [1.29, 1.82) is 0 Å². The van der Waals surface area contributed by atoms with E-state index in [2.05, 4.69) is 15.3 Å². The minimum atomic E-state index is -0.363. The Labute approximate surface area is 204 Å². The van der Waals surface area contributed by atoms with Crippen molar-refractivity contribution >= 4 is 39.9 Å². The number of nitrogens with zero attached hydrogens (tertiary/aromatic N) is 4. The molecule has 174 valence electrons. The van der Waals surface area contributed by atoms with Gasteiger partial charge in [0.25, 0.3) is 11.8 Å². The van der Waals surface area contributed by atoms with Crippen molar-refractivity contribution in [2.24, 2.45) is 0 Å². The van der Waals surface area contributed by atoms with Crippen molar-refractivity contribution in [2.45, 2.75) is 19.5 Å². The molecule has 0 unspecified atom stereocenters. The zero-order chi connectivity index (χ0) is 23.9. The van der Waals surface area contributed by atoms with Crippen LogP contribution in [0.1, 0.15) is 32.0 Å². The van der Waals surface area contributed by atoms with Gasteiger partial charge >= 0.3 is 0 Å². The molecule has 0 aliphatic rings. The predicted molar refractivity (Wildman–Crippen MR) is 130 cm³/mol. The van der Waals surface area contributed by atoms with E-state index in [1.807, 2.05) is 10.8 Å². The zero-order valence-corrected chi connectivity index (χ0v) is 19.6. The Bertz CT molecular complexity index is 1260. The van der Waals surface area contributed by atoms with Crippen molar-refractivity contribution < 1.29 is 14.0 Å². The first kappa shape index (κ1) is 23.6. The molecule has 2 aromatic heterocycles. The van der Waals surface area contributed by atoms with Gasteiger partial charge in [0.05, 0.1) is 19.1 Å². The summed E-state index contributed by atoms with van der Waals surface area (Å²) in [5.41, 5.74) is 1.10. The van der Waals surface area contributed by atoms with Crippen LogP contribution in [0.2, 0.25) is 5.02 Å². The largest absolute Gasteiger partial charge is 0.351 e. The number of amides is 2. The fourth-order valence-electron chi connectivity index (χ4n) is 3.24. The molecule has 4 aromatic rings. The van der Waals surface area contributed by atoms with E-state index in [1.165, 1.54) is 23.2 Å². The zero-order valence-electron chi connectivity index (χ0n) is 18.0. The van der Waals surface area contributed by atoms with Crippen LogP contribution >= 0.6 is 22.9 Å². The fraction of sp³-hybridized carbons (Fsp3) is 0.167. The lowest BCUT2D eigenvalue weighted by Gasteiger charge is -2.20. The maximum absolute atomic E-state index is 13.4. The molecule has 7 nitrogen and oxygen atoms in total. The molecule has 0 spiro atoms. The van der Waals surface area contributed by atoms with Gasteiger partial charge < -0.3 is 9.88 Å². The lowest BCUT2D eigenvalue weighted by Crippen LogP contribution is -2.30. The number of rotatable bonds is 9. The number of hydrogen-bond donors (Lipinski definition) is 1. The van der Waals surface area contributed by atoms with Crippen LogP contribution < -0.4 is 10.2 Å². The summed E-state index contributed by atoms with van der Waals surface area (Å²) >= 11 is 7.19. The fourth-order valence-corrected chi connectivity index (χ4v) is 4.26. The third-order valence-corrected chi connectivity index (χ3v) is 6.21. The predicted octanol–water partition coefficient (Wildman–Crippen LogP) is 4.80. The number of nitrogens with one attached hydrogen (secondary N) is 1. The molecule has 10 heteroatoms. The van der Waals surface area contributed by atoms with E-state index in [0.29, 0.717) is 27.1 Å². The van der Waals surface area contributed by atoms with E-state index in [4.69, 9.17) is 11.6 Å². The quantitative estimate of drug-likeness (QED) is 0.337. The Morgan fingerprint density at radius 1 is 1.18 bits per heavy atom. The summed E-state index contributed by atoms with van der Waals surface area (Å²) < 4.78 is 15.3. The van der Waals surface area contributed by atoms with Crippen LogP contribution in [0.4, 0.5) is 9.52 Å². The number of halogens is 2. The molecule has 1 N–H and O–H groups in total. The van der Waals surface area contributed by atoms with E-state index in [1.54, 1.807) is 48.9 Å². The minimum absolute atomic E-state index is 0.158. The van der Waals surface area contributed by atoms with Crippen LogP contribution in [-0.2, 0) is 13.1 Å². The number of anilines is 1. The molecule has 2 heterocycles. The maximum atomic E-state index is 13.4. The Kier molecular flexibility index (Phi) is 7.66. The summed E-state index contributed by atoms with van der Waals surface area (Å²) in [6, 6.07) is 12.5. The van der Waals surface area contributed by atoms with Crippen molar-refractivity contribution in [2.75, 3.05) is 11.4 Å². The van der Waals surface area contributed by atoms with Gasteiger partial charge in [-0.1, -0.05) is 41.1 Å². The summed E-state index contributed by atoms with van der Waals surface area (Å²) in [7, 11) is 0. The van der Waals surface area contributed by atoms with Gasteiger partial charge in [0.15, 0.2) is 5.13 Å². The van der Waals surface area contributed by atoms with Crippen LogP contribution in [0.5, 0.6) is 0 Å². The molecule has 0 saturated carbocycles. The van der Waals surface area contributed by atoms with Crippen LogP contribution in [0.15, 0.2) is 73.4 Å². The second-order valence-corrected chi connectivity index (χ2v) is 8.89. The lowest BCUT2D eigenvalue weighted by molar-refractivity contribution is 0.0954. The molecule has 0 bridgehead atoms. The first-order valence-electron chi connectivity index (χ1n) is 10.5. The van der Waals surface area contributed by atoms with E-state index in [0.717, 1.165) is 29.9 Å². The molecule has 0 atom stereocenters. The molecule has 0 aliphatic heterocycles. The molecule has 0 saturated heterocycles. The Morgan fingerprint density at radius 2 is 2.00 bits per heavy atom. The normalized spacial score (nSPS) is 10.8. The number of carbonyl (C=O) groups is 2. The van der Waals surface area contributed by atoms with Gasteiger partial charge in [-0.3, -0.25) is 14.5 Å². The summed E-state index contributed by atoms with van der Waals surface area (Å²) in [4.78, 5) is 36.1. The molecular formula is C24H21ClFN5O2S. The van der Waals surface area contributed by atoms with Gasteiger partial charge in [0.2, 0.25) is 0 Å². The molecule has 2 amide bonds. The van der Waals surface area contributed by atoms with E-state index < -0.39 is 0 Å². The monoisotopic (exact) mass is 497 g/mol. The Morgan fingerprint density at radius 3 is 2.74 bits per heavy atom. The van der Waals surface area contributed by atoms with Gasteiger partial charge in [-0.15, -0.1) is 0 Å². The second-order valence-electron chi connectivity index (χ2n) is 7.45. The molecule has 0 radical (unpaired) electrons. The highest BCUT2D eigenvalue weighted by molar-refractivity contribution is 7.17. The number of aromatic nitrogens is 3. The number of imidazole rings is 1. The van der Waals surface area contributed by atoms with Gasteiger partial charge in [0.1, 0.15) is 10.7 Å². The first-order chi connectivity index (χ1) is 16.5. The highest BCUT2D eigenvalue weighted by Gasteiger charge is 2.23. The molecule has 34 heavy (non-hydrogen) atoms. The molecule has 4 rings (SSSR count). The highest BCUT2D eigenvalue weighted by Crippen LogP contribution is 2.27. The minimum Gasteiger partial charge on any atom is -0.351 e. The average Bonchev–Trinajstić information content (AvgIpc) is 3.53. The number of hydrogen-bond acceptors (Lipinski definition) is 5. The van der Waals surface area contributed by atoms with Crippen molar-refractivity contribution in [3.63, 3.8) is 0 Å². The van der Waals surface area contributed by atoms with E-state index in [9.17, 15) is 14.0 Å². The molecule has 2 aromatic carbocycles. The summed E-state index contributed by atoms with van der Waals surface area (Å²) in [6.07, 6.45) is 7.50. The number of aryl methyl sites for hydroxylation is 1. The molecule has 0 aliphatic carbocycles. The topological polar surface area (TPSA) is 80.1 Å². The van der Waals surface area contributed by atoms with Crippen LogP contribution in [0.3, 0.4) is 0 Å².